The van der Waals surface area contributed by atoms with Crippen molar-refractivity contribution >= 4 is 22.6 Å². The van der Waals surface area contributed by atoms with Gasteiger partial charge in [0.2, 0.25) is 0 Å². The molecule has 166 valence electrons. The maximum Gasteiger partial charge on any atom is 0.416 e. The minimum absolute atomic E-state index is 0.0276. The van der Waals surface area contributed by atoms with Gasteiger partial charge in [0.25, 0.3) is 11.7 Å². The molecular formula is C22H21F3N6O. The van der Waals surface area contributed by atoms with Crippen molar-refractivity contribution in [1.82, 2.24) is 29.5 Å². The Morgan fingerprint density at radius 2 is 2.03 bits per heavy atom. The number of benzene rings is 1. The molecule has 2 atom stereocenters. The molecule has 0 unspecified atom stereocenters. The number of aryl methyl sites for hydroxylation is 1. The summed E-state index contributed by atoms with van der Waals surface area (Å²) in [6.45, 7) is 5.09. The minimum atomic E-state index is -4.44. The van der Waals surface area contributed by atoms with E-state index >= 15 is 0 Å². The predicted octanol–water partition coefficient (Wildman–Crippen LogP) is 4.20. The molecule has 1 aliphatic heterocycles. The molecule has 7 nitrogen and oxygen atoms in total. The number of rotatable bonds is 2. The Labute approximate surface area is 181 Å². The lowest BCUT2D eigenvalue weighted by atomic mass is 9.84. The van der Waals surface area contributed by atoms with Crippen LogP contribution in [0.1, 0.15) is 46.7 Å². The number of carbonyl (C=O) groups excluding carboxylic acids is 1. The van der Waals surface area contributed by atoms with Crippen LogP contribution in [0.3, 0.4) is 0 Å². The molecule has 5 rings (SSSR count). The SMILES string of the molecule is Cc1cc([C@@H]2CN(C(=O)c3cc4ccc(C(F)(F)F)cc4[nH]3)CC[C@@H]2C)n2ncnc2n1. The molecule has 10 heteroatoms. The highest BCUT2D eigenvalue weighted by Crippen LogP contribution is 2.34. The molecule has 1 saturated heterocycles. The van der Waals surface area contributed by atoms with Crippen molar-refractivity contribution in [2.45, 2.75) is 32.4 Å². The highest BCUT2D eigenvalue weighted by atomic mass is 19.4. The molecule has 4 aromatic rings. The van der Waals surface area contributed by atoms with Crippen LogP contribution in [0.5, 0.6) is 0 Å². The van der Waals surface area contributed by atoms with Crippen molar-refractivity contribution < 1.29 is 18.0 Å². The molecule has 1 fully saturated rings. The van der Waals surface area contributed by atoms with Crippen LogP contribution in [-0.4, -0.2) is 48.5 Å². The number of aromatic nitrogens is 5. The van der Waals surface area contributed by atoms with Crippen LogP contribution in [-0.2, 0) is 6.18 Å². The molecule has 3 aromatic heterocycles. The third-order valence-corrected chi connectivity index (χ3v) is 6.21. The van der Waals surface area contributed by atoms with Crippen molar-refractivity contribution in [2.75, 3.05) is 13.1 Å². The number of alkyl halides is 3. The van der Waals surface area contributed by atoms with Crippen LogP contribution < -0.4 is 0 Å². The van der Waals surface area contributed by atoms with Crippen LogP contribution in [0.25, 0.3) is 16.7 Å². The maximum absolute atomic E-state index is 13.2. The van der Waals surface area contributed by atoms with Gasteiger partial charge < -0.3 is 9.88 Å². The number of hydrogen-bond donors (Lipinski definition) is 1. The molecule has 1 amide bonds. The number of hydrogen-bond acceptors (Lipinski definition) is 4. The normalized spacial score (nSPS) is 19.7. The largest absolute Gasteiger partial charge is 0.416 e. The van der Waals surface area contributed by atoms with E-state index in [0.29, 0.717) is 35.7 Å². The van der Waals surface area contributed by atoms with Gasteiger partial charge in [-0.25, -0.2) is 9.50 Å². The fraction of sp³-hybridized carbons (Fsp3) is 0.364. The number of halogens is 3. The zero-order chi connectivity index (χ0) is 22.6. The molecule has 0 aliphatic carbocycles. The number of fused-ring (bicyclic) bond motifs is 2. The quantitative estimate of drug-likeness (QED) is 0.505. The number of piperidine rings is 1. The van der Waals surface area contributed by atoms with Gasteiger partial charge in [0, 0.05) is 35.6 Å². The number of nitrogens with zero attached hydrogens (tertiary/aromatic N) is 5. The fourth-order valence-electron chi connectivity index (χ4n) is 4.45. The summed E-state index contributed by atoms with van der Waals surface area (Å²) in [6.07, 6.45) is -2.18. The van der Waals surface area contributed by atoms with Crippen molar-refractivity contribution in [1.29, 1.82) is 0 Å². The van der Waals surface area contributed by atoms with Gasteiger partial charge >= 0.3 is 6.18 Å². The summed E-state index contributed by atoms with van der Waals surface area (Å²) in [5.41, 5.74) is 1.60. The van der Waals surface area contributed by atoms with Crippen molar-refractivity contribution in [3.63, 3.8) is 0 Å². The lowest BCUT2D eigenvalue weighted by Gasteiger charge is -2.37. The Morgan fingerprint density at radius 1 is 1.22 bits per heavy atom. The summed E-state index contributed by atoms with van der Waals surface area (Å²) in [5, 5.41) is 4.86. The average molecular weight is 442 g/mol. The Bertz CT molecular complexity index is 1320. The van der Waals surface area contributed by atoms with Gasteiger partial charge in [-0.15, -0.1) is 0 Å². The predicted molar refractivity (Wildman–Crippen MR) is 111 cm³/mol. The van der Waals surface area contributed by atoms with Crippen LogP contribution in [0.15, 0.2) is 36.7 Å². The van der Waals surface area contributed by atoms with E-state index in [1.807, 2.05) is 13.0 Å². The number of H-pyrrole nitrogens is 1. The molecule has 0 saturated carbocycles. The van der Waals surface area contributed by atoms with Crippen LogP contribution in [0.2, 0.25) is 0 Å². The zero-order valence-corrected chi connectivity index (χ0v) is 17.5. The number of nitrogens with one attached hydrogen (secondary N) is 1. The van der Waals surface area contributed by atoms with Crippen LogP contribution in [0.4, 0.5) is 13.2 Å². The summed E-state index contributed by atoms with van der Waals surface area (Å²) in [7, 11) is 0. The second-order valence-electron chi connectivity index (χ2n) is 8.40. The number of likely N-dealkylation sites (tertiary alicyclic amines) is 1. The molecule has 1 aliphatic rings. The van der Waals surface area contributed by atoms with Crippen molar-refractivity contribution in [2.24, 2.45) is 5.92 Å². The van der Waals surface area contributed by atoms with E-state index in [1.165, 1.54) is 12.4 Å². The molecule has 32 heavy (non-hydrogen) atoms. The molecule has 1 N–H and O–H groups in total. The summed E-state index contributed by atoms with van der Waals surface area (Å²) in [5.74, 6) is 0.629. The Kier molecular flexibility index (Phi) is 4.68. The van der Waals surface area contributed by atoms with E-state index in [2.05, 4.69) is 27.0 Å². The Hall–Kier alpha value is -3.43. The smallest absolute Gasteiger partial charge is 0.351 e. The number of aromatic amines is 1. The molecule has 0 spiro atoms. The second kappa shape index (κ2) is 7.32. The third-order valence-electron chi connectivity index (χ3n) is 6.21. The molecule has 1 aromatic carbocycles. The molecule has 0 bridgehead atoms. The standard InChI is InChI=1S/C22H21F3N6O/c1-12-5-6-30(10-16(12)19-7-13(2)28-21-26-11-27-31(19)21)20(32)18-8-14-3-4-15(22(23,24)25)9-17(14)29-18/h3-4,7-9,11-12,16,29H,5-6,10H2,1-2H3/t12-,16+/m0/s1. The van der Waals surface area contributed by atoms with Gasteiger partial charge in [-0.2, -0.15) is 23.3 Å². The van der Waals surface area contributed by atoms with E-state index in [-0.39, 0.29) is 17.5 Å². The Morgan fingerprint density at radius 3 is 2.81 bits per heavy atom. The number of carbonyl (C=O) groups is 1. The van der Waals surface area contributed by atoms with Crippen molar-refractivity contribution in [3.05, 3.63) is 59.3 Å². The first-order chi connectivity index (χ1) is 15.2. The lowest BCUT2D eigenvalue weighted by Crippen LogP contribution is -2.42. The van der Waals surface area contributed by atoms with Gasteiger partial charge in [-0.1, -0.05) is 13.0 Å². The average Bonchev–Trinajstić information content (AvgIpc) is 3.38. The van der Waals surface area contributed by atoms with E-state index in [9.17, 15) is 18.0 Å². The molecule has 4 heterocycles. The Balaban J connectivity index is 1.45. The first kappa shape index (κ1) is 20.5. The highest BCUT2D eigenvalue weighted by molar-refractivity contribution is 5.98. The van der Waals surface area contributed by atoms with Gasteiger partial charge in [0.1, 0.15) is 12.0 Å². The van der Waals surface area contributed by atoms with E-state index in [0.717, 1.165) is 29.9 Å². The topological polar surface area (TPSA) is 79.2 Å². The minimum Gasteiger partial charge on any atom is -0.351 e. The van der Waals surface area contributed by atoms with Crippen molar-refractivity contribution in [3.8, 4) is 0 Å². The first-order valence-electron chi connectivity index (χ1n) is 10.4. The summed E-state index contributed by atoms with van der Waals surface area (Å²) in [4.78, 5) is 26.4. The highest BCUT2D eigenvalue weighted by Gasteiger charge is 2.34. The summed E-state index contributed by atoms with van der Waals surface area (Å²) < 4.78 is 40.8. The van der Waals surface area contributed by atoms with E-state index in [4.69, 9.17) is 0 Å². The van der Waals surface area contributed by atoms with Crippen LogP contribution >= 0.6 is 0 Å². The second-order valence-corrected chi connectivity index (χ2v) is 8.40. The van der Waals surface area contributed by atoms with E-state index < -0.39 is 11.7 Å². The number of amides is 1. The summed E-state index contributed by atoms with van der Waals surface area (Å²) >= 11 is 0. The summed E-state index contributed by atoms with van der Waals surface area (Å²) in [6, 6.07) is 7.02. The first-order valence-corrected chi connectivity index (χ1v) is 10.4. The molecule has 0 radical (unpaired) electrons. The maximum atomic E-state index is 13.2. The van der Waals surface area contributed by atoms with Crippen LogP contribution in [0, 0.1) is 12.8 Å². The van der Waals surface area contributed by atoms with Gasteiger partial charge in [0.05, 0.1) is 11.3 Å². The van der Waals surface area contributed by atoms with E-state index in [1.54, 1.807) is 15.5 Å². The third kappa shape index (κ3) is 3.49. The van der Waals surface area contributed by atoms with Gasteiger partial charge in [-0.05, 0) is 43.5 Å². The zero-order valence-electron chi connectivity index (χ0n) is 17.5. The monoisotopic (exact) mass is 442 g/mol. The fourth-order valence-corrected chi connectivity index (χ4v) is 4.45. The molecular weight excluding hydrogens is 421 g/mol. The lowest BCUT2D eigenvalue weighted by molar-refractivity contribution is -0.137. The van der Waals surface area contributed by atoms with Gasteiger partial charge in [0.15, 0.2) is 0 Å². The van der Waals surface area contributed by atoms with Gasteiger partial charge in [-0.3, -0.25) is 4.79 Å².